The maximum absolute atomic E-state index is 11.1. The third-order valence-corrected chi connectivity index (χ3v) is 3.58. The predicted octanol–water partition coefficient (Wildman–Crippen LogP) is 1.64. The molecule has 0 aliphatic rings. The van der Waals surface area contributed by atoms with Gasteiger partial charge in [-0.1, -0.05) is 25.5 Å². The molecule has 0 saturated heterocycles. The second-order valence-electron chi connectivity index (χ2n) is 4.40. The molecule has 1 atom stereocenters. The van der Waals surface area contributed by atoms with Gasteiger partial charge in [0.1, 0.15) is 11.8 Å². The Morgan fingerprint density at radius 2 is 2.11 bits per heavy atom. The summed E-state index contributed by atoms with van der Waals surface area (Å²) in [6.07, 6.45) is 1.56. The van der Waals surface area contributed by atoms with E-state index in [4.69, 9.17) is 15.1 Å². The molecule has 2 N–H and O–H groups in total. The van der Waals surface area contributed by atoms with Crippen molar-refractivity contribution in [1.82, 2.24) is 0 Å². The van der Waals surface area contributed by atoms with E-state index in [1.165, 1.54) is 0 Å². The second kappa shape index (κ2) is 7.12. The Kier molecular flexibility index (Phi) is 5.80. The molecule has 0 fully saturated rings. The SMILES string of the molecule is CCCC(COc1ccccc1C#N)CS(N)(=O)=O. The molecule has 0 aliphatic carbocycles. The first-order valence-corrected chi connectivity index (χ1v) is 7.80. The first-order valence-electron chi connectivity index (χ1n) is 6.08. The fourth-order valence-corrected chi connectivity index (χ4v) is 2.76. The van der Waals surface area contributed by atoms with E-state index >= 15 is 0 Å². The maximum atomic E-state index is 11.1. The molecule has 0 radical (unpaired) electrons. The van der Waals surface area contributed by atoms with Crippen molar-refractivity contribution in [2.45, 2.75) is 19.8 Å². The van der Waals surface area contributed by atoms with Crippen LogP contribution in [0.25, 0.3) is 0 Å². The van der Waals surface area contributed by atoms with E-state index in [0.717, 1.165) is 6.42 Å². The van der Waals surface area contributed by atoms with Crippen molar-refractivity contribution in [3.63, 3.8) is 0 Å². The molecule has 0 aliphatic heterocycles. The molecule has 0 amide bonds. The van der Waals surface area contributed by atoms with Crippen LogP contribution in [0.3, 0.4) is 0 Å². The fourth-order valence-electron chi connectivity index (χ4n) is 1.84. The first kappa shape index (κ1) is 15.5. The lowest BCUT2D eigenvalue weighted by Gasteiger charge is -2.16. The lowest BCUT2D eigenvalue weighted by molar-refractivity contribution is 0.252. The molecule has 0 heterocycles. The van der Waals surface area contributed by atoms with Crippen LogP contribution in [0.4, 0.5) is 0 Å². The Morgan fingerprint density at radius 3 is 2.68 bits per heavy atom. The summed E-state index contributed by atoms with van der Waals surface area (Å²) in [5.74, 6) is 0.211. The summed E-state index contributed by atoms with van der Waals surface area (Å²) in [6, 6.07) is 8.90. The van der Waals surface area contributed by atoms with Crippen LogP contribution in [0.15, 0.2) is 24.3 Å². The summed E-state index contributed by atoms with van der Waals surface area (Å²) in [6.45, 7) is 2.21. The molecule has 6 heteroatoms. The molecule has 0 aromatic heterocycles. The van der Waals surface area contributed by atoms with Gasteiger partial charge in [-0.3, -0.25) is 0 Å². The summed E-state index contributed by atoms with van der Waals surface area (Å²) in [5.41, 5.74) is 0.438. The minimum absolute atomic E-state index is 0.102. The molecule has 1 aromatic rings. The largest absolute Gasteiger partial charge is 0.492 e. The second-order valence-corrected chi connectivity index (χ2v) is 6.06. The number of sulfonamides is 1. The highest BCUT2D eigenvalue weighted by Crippen LogP contribution is 2.18. The number of hydrogen-bond donors (Lipinski definition) is 1. The van der Waals surface area contributed by atoms with Gasteiger partial charge in [0, 0.05) is 5.92 Å². The lowest BCUT2D eigenvalue weighted by atomic mass is 10.1. The molecular formula is C13H18N2O3S. The molecule has 0 spiro atoms. The quantitative estimate of drug-likeness (QED) is 0.822. The predicted molar refractivity (Wildman–Crippen MR) is 73.0 cm³/mol. The number of nitrogens with zero attached hydrogens (tertiary/aromatic N) is 1. The average Bonchev–Trinajstić information content (AvgIpc) is 2.35. The van der Waals surface area contributed by atoms with Gasteiger partial charge in [0.05, 0.1) is 17.9 Å². The van der Waals surface area contributed by atoms with Gasteiger partial charge in [-0.2, -0.15) is 5.26 Å². The zero-order chi connectivity index (χ0) is 14.3. The standard InChI is InChI=1S/C13H18N2O3S/c1-2-5-11(10-19(15,16)17)9-18-13-7-4-3-6-12(13)8-14/h3-4,6-7,11H,2,5,9-10H2,1H3,(H2,15,16,17). The molecule has 1 rings (SSSR count). The minimum atomic E-state index is -3.51. The van der Waals surface area contributed by atoms with Gasteiger partial charge >= 0.3 is 0 Å². The van der Waals surface area contributed by atoms with E-state index in [9.17, 15) is 8.42 Å². The molecule has 0 bridgehead atoms. The molecular weight excluding hydrogens is 264 g/mol. The van der Waals surface area contributed by atoms with Gasteiger partial charge in [-0.15, -0.1) is 0 Å². The topological polar surface area (TPSA) is 93.2 Å². The normalized spacial score (nSPS) is 12.7. The number of nitrogens with two attached hydrogens (primary N) is 1. The van der Waals surface area contributed by atoms with E-state index in [2.05, 4.69) is 0 Å². The van der Waals surface area contributed by atoms with E-state index in [1.807, 2.05) is 13.0 Å². The Morgan fingerprint density at radius 1 is 1.42 bits per heavy atom. The van der Waals surface area contributed by atoms with E-state index < -0.39 is 10.0 Å². The number of primary sulfonamides is 1. The molecule has 1 unspecified atom stereocenters. The Balaban J connectivity index is 2.68. The monoisotopic (exact) mass is 282 g/mol. The summed E-state index contributed by atoms with van der Waals surface area (Å²) in [4.78, 5) is 0. The van der Waals surface area contributed by atoms with Crippen LogP contribution in [-0.2, 0) is 10.0 Å². The van der Waals surface area contributed by atoms with Gasteiger partial charge in [0.2, 0.25) is 10.0 Å². The van der Waals surface area contributed by atoms with Gasteiger partial charge in [0.25, 0.3) is 0 Å². The first-order chi connectivity index (χ1) is 8.96. The van der Waals surface area contributed by atoms with Crippen LogP contribution in [-0.4, -0.2) is 20.8 Å². The zero-order valence-electron chi connectivity index (χ0n) is 10.9. The van der Waals surface area contributed by atoms with Crippen LogP contribution < -0.4 is 9.88 Å². The maximum Gasteiger partial charge on any atom is 0.209 e. The highest BCUT2D eigenvalue weighted by molar-refractivity contribution is 7.89. The van der Waals surface area contributed by atoms with Crippen molar-refractivity contribution in [1.29, 1.82) is 5.26 Å². The number of nitriles is 1. The molecule has 19 heavy (non-hydrogen) atoms. The van der Waals surface area contributed by atoms with Crippen molar-refractivity contribution in [3.05, 3.63) is 29.8 Å². The van der Waals surface area contributed by atoms with Gasteiger partial charge < -0.3 is 4.74 Å². The Labute approximate surface area is 114 Å². The number of hydrogen-bond acceptors (Lipinski definition) is 4. The number of para-hydroxylation sites is 1. The van der Waals surface area contributed by atoms with Crippen LogP contribution >= 0.6 is 0 Å². The van der Waals surface area contributed by atoms with Gasteiger partial charge in [0.15, 0.2) is 0 Å². The minimum Gasteiger partial charge on any atom is -0.492 e. The molecule has 104 valence electrons. The van der Waals surface area contributed by atoms with E-state index in [1.54, 1.807) is 24.3 Å². The third kappa shape index (κ3) is 5.73. The van der Waals surface area contributed by atoms with Crippen molar-refractivity contribution in [3.8, 4) is 11.8 Å². The summed E-state index contributed by atoms with van der Waals surface area (Å²) in [7, 11) is -3.51. The van der Waals surface area contributed by atoms with Crippen LogP contribution in [0.1, 0.15) is 25.3 Å². The smallest absolute Gasteiger partial charge is 0.209 e. The number of benzene rings is 1. The lowest BCUT2D eigenvalue weighted by Crippen LogP contribution is -2.27. The van der Waals surface area contributed by atoms with Crippen molar-refractivity contribution < 1.29 is 13.2 Å². The van der Waals surface area contributed by atoms with E-state index in [-0.39, 0.29) is 18.3 Å². The molecule has 0 saturated carbocycles. The van der Waals surface area contributed by atoms with Gasteiger partial charge in [-0.25, -0.2) is 13.6 Å². The third-order valence-electron chi connectivity index (χ3n) is 2.65. The highest BCUT2D eigenvalue weighted by Gasteiger charge is 2.16. The zero-order valence-corrected chi connectivity index (χ0v) is 11.7. The van der Waals surface area contributed by atoms with Crippen LogP contribution in [0.5, 0.6) is 5.75 Å². The van der Waals surface area contributed by atoms with Crippen molar-refractivity contribution in [2.24, 2.45) is 11.1 Å². The Bertz CT molecular complexity index is 549. The summed E-state index contributed by atoms with van der Waals surface area (Å²) >= 11 is 0. The van der Waals surface area contributed by atoms with Gasteiger partial charge in [-0.05, 0) is 18.6 Å². The summed E-state index contributed by atoms with van der Waals surface area (Å²) in [5, 5.41) is 14.0. The highest BCUT2D eigenvalue weighted by atomic mass is 32.2. The number of rotatable bonds is 7. The van der Waals surface area contributed by atoms with E-state index in [0.29, 0.717) is 17.7 Å². The molecule has 5 nitrogen and oxygen atoms in total. The molecule has 1 aromatic carbocycles. The average molecular weight is 282 g/mol. The van der Waals surface area contributed by atoms with Crippen LogP contribution in [0.2, 0.25) is 0 Å². The van der Waals surface area contributed by atoms with Crippen molar-refractivity contribution in [2.75, 3.05) is 12.4 Å². The van der Waals surface area contributed by atoms with Crippen molar-refractivity contribution >= 4 is 10.0 Å². The Hall–Kier alpha value is -1.58. The fraction of sp³-hybridized carbons (Fsp3) is 0.462. The van der Waals surface area contributed by atoms with Crippen LogP contribution in [0, 0.1) is 17.2 Å². The number of ether oxygens (including phenoxy) is 1. The summed E-state index contributed by atoms with van der Waals surface area (Å²) < 4.78 is 27.8.